The van der Waals surface area contributed by atoms with Crippen LogP contribution >= 0.6 is 0 Å². The predicted octanol–water partition coefficient (Wildman–Crippen LogP) is 1.11. The Labute approximate surface area is 161 Å². The van der Waals surface area contributed by atoms with Gasteiger partial charge in [0, 0.05) is 25.2 Å². The Hall–Kier alpha value is -3.29. The largest absolute Gasteiger partial charge is 0.346 e. The van der Waals surface area contributed by atoms with E-state index in [-0.39, 0.29) is 23.7 Å². The summed E-state index contributed by atoms with van der Waals surface area (Å²) in [4.78, 5) is 35.8. The SMILES string of the molecule is O=C(c1ccncn1)N1C2CCC1Cn1c(nn(Cc3ccccc3)c1=O)C2. The number of fused-ring (bicyclic) bond motifs is 3. The van der Waals surface area contributed by atoms with Crippen molar-refractivity contribution in [2.45, 2.75) is 44.4 Å². The van der Waals surface area contributed by atoms with E-state index in [1.165, 1.54) is 11.0 Å². The molecule has 2 aromatic heterocycles. The molecule has 0 radical (unpaired) electrons. The quantitative estimate of drug-likeness (QED) is 0.684. The lowest BCUT2D eigenvalue weighted by atomic mass is 10.1. The second kappa shape index (κ2) is 6.70. The summed E-state index contributed by atoms with van der Waals surface area (Å²) in [5.74, 6) is 0.666. The fourth-order valence-corrected chi connectivity index (χ4v) is 4.32. The summed E-state index contributed by atoms with van der Waals surface area (Å²) in [5.41, 5.74) is 1.33. The molecule has 2 aliphatic heterocycles. The highest BCUT2D eigenvalue weighted by molar-refractivity contribution is 5.92. The summed E-state index contributed by atoms with van der Waals surface area (Å²) in [6.07, 6.45) is 5.36. The third-order valence-corrected chi connectivity index (χ3v) is 5.64. The number of hydrogen-bond acceptors (Lipinski definition) is 5. The zero-order valence-electron chi connectivity index (χ0n) is 15.3. The van der Waals surface area contributed by atoms with Crippen molar-refractivity contribution in [3.63, 3.8) is 0 Å². The van der Waals surface area contributed by atoms with Gasteiger partial charge in [-0.3, -0.25) is 9.36 Å². The predicted molar refractivity (Wildman–Crippen MR) is 101 cm³/mol. The van der Waals surface area contributed by atoms with E-state index >= 15 is 0 Å². The molecule has 28 heavy (non-hydrogen) atoms. The topological polar surface area (TPSA) is 85.9 Å². The second-order valence-electron chi connectivity index (χ2n) is 7.35. The zero-order chi connectivity index (χ0) is 19.1. The van der Waals surface area contributed by atoms with Crippen LogP contribution in [0.25, 0.3) is 0 Å². The van der Waals surface area contributed by atoms with Crippen molar-refractivity contribution in [3.8, 4) is 0 Å². The molecule has 1 amide bonds. The lowest BCUT2D eigenvalue weighted by Crippen LogP contribution is -2.43. The van der Waals surface area contributed by atoms with E-state index in [1.807, 2.05) is 35.2 Å². The van der Waals surface area contributed by atoms with Gasteiger partial charge in [-0.25, -0.2) is 19.4 Å². The Morgan fingerprint density at radius 2 is 1.93 bits per heavy atom. The molecule has 2 bridgehead atoms. The molecular weight excluding hydrogens is 356 g/mol. The Kier molecular flexibility index (Phi) is 4.03. The standard InChI is InChI=1S/C20H20N6O2/c27-19(17-8-9-21-13-22-17)26-15-6-7-16(26)12-24-18(10-15)23-25(20(24)28)11-14-4-2-1-3-5-14/h1-5,8-9,13,15-16H,6-7,10-12H2. The van der Waals surface area contributed by atoms with Crippen LogP contribution in [0.2, 0.25) is 0 Å². The van der Waals surface area contributed by atoms with Crippen LogP contribution in [0.15, 0.2) is 53.7 Å². The first-order chi connectivity index (χ1) is 13.7. The maximum atomic E-state index is 13.0. The van der Waals surface area contributed by atoms with E-state index in [1.54, 1.807) is 16.8 Å². The third-order valence-electron chi connectivity index (χ3n) is 5.64. The van der Waals surface area contributed by atoms with E-state index in [4.69, 9.17) is 0 Å². The van der Waals surface area contributed by atoms with Crippen molar-refractivity contribution in [2.75, 3.05) is 0 Å². The van der Waals surface area contributed by atoms with Crippen molar-refractivity contribution in [3.05, 3.63) is 76.5 Å². The maximum absolute atomic E-state index is 13.0. The summed E-state index contributed by atoms with van der Waals surface area (Å²) in [6, 6.07) is 11.5. The fraction of sp³-hybridized carbons (Fsp3) is 0.350. The molecule has 4 heterocycles. The van der Waals surface area contributed by atoms with Crippen LogP contribution in [0.1, 0.15) is 34.7 Å². The van der Waals surface area contributed by atoms with Crippen LogP contribution in [0.3, 0.4) is 0 Å². The number of amides is 1. The maximum Gasteiger partial charge on any atom is 0.346 e. The number of rotatable bonds is 3. The molecule has 142 valence electrons. The van der Waals surface area contributed by atoms with Crippen LogP contribution in [0.5, 0.6) is 0 Å². The van der Waals surface area contributed by atoms with E-state index in [0.717, 1.165) is 24.2 Å². The lowest BCUT2D eigenvalue weighted by molar-refractivity contribution is 0.0658. The van der Waals surface area contributed by atoms with Crippen molar-refractivity contribution in [1.29, 1.82) is 0 Å². The molecule has 1 fully saturated rings. The molecule has 0 N–H and O–H groups in total. The smallest absolute Gasteiger partial charge is 0.329 e. The fourth-order valence-electron chi connectivity index (χ4n) is 4.32. The van der Waals surface area contributed by atoms with E-state index in [9.17, 15) is 9.59 Å². The summed E-state index contributed by atoms with van der Waals surface area (Å²) in [6.45, 7) is 0.939. The Morgan fingerprint density at radius 1 is 1.11 bits per heavy atom. The molecule has 5 rings (SSSR count). The van der Waals surface area contributed by atoms with Gasteiger partial charge >= 0.3 is 5.69 Å². The number of hydrogen-bond donors (Lipinski definition) is 0. The molecule has 0 aliphatic carbocycles. The first kappa shape index (κ1) is 16.9. The third kappa shape index (κ3) is 2.81. The zero-order valence-corrected chi connectivity index (χ0v) is 15.3. The van der Waals surface area contributed by atoms with Crippen molar-refractivity contribution < 1.29 is 4.79 Å². The van der Waals surface area contributed by atoms with E-state index in [2.05, 4.69) is 15.1 Å². The van der Waals surface area contributed by atoms with E-state index in [0.29, 0.717) is 25.2 Å². The normalized spacial score (nSPS) is 20.6. The highest BCUT2D eigenvalue weighted by atomic mass is 16.2. The molecule has 1 aromatic carbocycles. The monoisotopic (exact) mass is 376 g/mol. The summed E-state index contributed by atoms with van der Waals surface area (Å²) >= 11 is 0. The van der Waals surface area contributed by atoms with Gasteiger partial charge in [-0.05, 0) is 24.5 Å². The van der Waals surface area contributed by atoms with Gasteiger partial charge in [0.15, 0.2) is 0 Å². The molecule has 2 atom stereocenters. The average molecular weight is 376 g/mol. The Balaban J connectivity index is 1.44. The van der Waals surface area contributed by atoms with Gasteiger partial charge in [0.25, 0.3) is 5.91 Å². The van der Waals surface area contributed by atoms with Gasteiger partial charge in [-0.1, -0.05) is 30.3 Å². The molecular formula is C20H20N6O2. The molecule has 8 nitrogen and oxygen atoms in total. The lowest BCUT2D eigenvalue weighted by Gasteiger charge is -2.27. The summed E-state index contributed by atoms with van der Waals surface area (Å²) in [5, 5.41) is 4.59. The summed E-state index contributed by atoms with van der Waals surface area (Å²) in [7, 11) is 0. The number of benzene rings is 1. The molecule has 2 unspecified atom stereocenters. The summed E-state index contributed by atoms with van der Waals surface area (Å²) < 4.78 is 3.28. The average Bonchev–Trinajstić information content (AvgIpc) is 3.18. The van der Waals surface area contributed by atoms with Crippen molar-refractivity contribution in [2.24, 2.45) is 0 Å². The van der Waals surface area contributed by atoms with Gasteiger partial charge in [0.2, 0.25) is 0 Å². The Bertz CT molecular complexity index is 1060. The van der Waals surface area contributed by atoms with Gasteiger partial charge in [-0.2, -0.15) is 5.10 Å². The molecule has 8 heteroatoms. The number of carbonyl (C=O) groups is 1. The van der Waals surface area contributed by atoms with Gasteiger partial charge in [0.05, 0.1) is 12.6 Å². The molecule has 1 saturated heterocycles. The van der Waals surface area contributed by atoms with Crippen LogP contribution < -0.4 is 5.69 Å². The molecule has 0 saturated carbocycles. The van der Waals surface area contributed by atoms with Crippen LogP contribution in [-0.4, -0.2) is 47.2 Å². The van der Waals surface area contributed by atoms with Gasteiger partial charge in [-0.15, -0.1) is 0 Å². The first-order valence-corrected chi connectivity index (χ1v) is 9.50. The van der Waals surface area contributed by atoms with Crippen LogP contribution in [0.4, 0.5) is 0 Å². The van der Waals surface area contributed by atoms with E-state index < -0.39 is 0 Å². The van der Waals surface area contributed by atoms with Crippen LogP contribution in [0, 0.1) is 0 Å². The number of nitrogens with zero attached hydrogens (tertiary/aromatic N) is 6. The van der Waals surface area contributed by atoms with Crippen LogP contribution in [-0.2, 0) is 19.5 Å². The highest BCUT2D eigenvalue weighted by Crippen LogP contribution is 2.31. The van der Waals surface area contributed by atoms with Gasteiger partial charge in [0.1, 0.15) is 17.8 Å². The molecule has 2 aliphatic rings. The van der Waals surface area contributed by atoms with Gasteiger partial charge < -0.3 is 4.90 Å². The molecule has 3 aromatic rings. The Morgan fingerprint density at radius 3 is 2.71 bits per heavy atom. The minimum absolute atomic E-state index is 0.0132. The first-order valence-electron chi connectivity index (χ1n) is 9.50. The number of aromatic nitrogens is 5. The highest BCUT2D eigenvalue weighted by Gasteiger charge is 2.41. The van der Waals surface area contributed by atoms with Crippen molar-refractivity contribution in [1.82, 2.24) is 29.2 Å². The minimum atomic E-state index is -0.110. The van der Waals surface area contributed by atoms with Crippen molar-refractivity contribution >= 4 is 5.91 Å². The molecule has 0 spiro atoms. The second-order valence-corrected chi connectivity index (χ2v) is 7.35. The minimum Gasteiger partial charge on any atom is -0.329 e. The number of carbonyl (C=O) groups excluding carboxylic acids is 1.